The molecule has 388 valence electrons. The van der Waals surface area contributed by atoms with Crippen molar-refractivity contribution >= 4 is 65.9 Å². The Labute approximate surface area is 404 Å². The van der Waals surface area contributed by atoms with Crippen molar-refractivity contribution in [2.24, 2.45) is 29.0 Å². The molecule has 0 bridgehead atoms. The molecule has 2 aliphatic rings. The minimum Gasteiger partial charge on any atom is -0.480 e. The lowest BCUT2D eigenvalue weighted by molar-refractivity contribution is -0.149. The van der Waals surface area contributed by atoms with Crippen molar-refractivity contribution < 1.29 is 58.5 Å². The summed E-state index contributed by atoms with van der Waals surface area (Å²) in [5, 5.41) is 45.7. The topological polar surface area (TPSA) is 371 Å². The highest BCUT2D eigenvalue weighted by molar-refractivity contribution is 7.80. The van der Waals surface area contributed by atoms with E-state index >= 15 is 0 Å². The number of carboxylic acids is 1. The molecule has 12 atom stereocenters. The summed E-state index contributed by atoms with van der Waals surface area (Å²) in [5.41, 5.74) is 17.2. The molecule has 0 saturated carbocycles. The third kappa shape index (κ3) is 17.4. The first kappa shape index (κ1) is 59.5. The van der Waals surface area contributed by atoms with Crippen LogP contribution in [0.15, 0.2) is 0 Å². The molecule has 0 aromatic rings. The molecule has 0 spiro atoms. The van der Waals surface area contributed by atoms with Gasteiger partial charge in [-0.05, 0) is 96.1 Å². The average Bonchev–Trinajstić information content (AvgIpc) is 4.02. The smallest absolute Gasteiger partial charge is 0.326 e. The van der Waals surface area contributed by atoms with E-state index in [1.807, 2.05) is 6.92 Å². The van der Waals surface area contributed by atoms with Crippen LogP contribution in [0.2, 0.25) is 0 Å². The zero-order valence-corrected chi connectivity index (χ0v) is 41.1. The summed E-state index contributed by atoms with van der Waals surface area (Å²) in [7, 11) is 0. The standard InChI is InChI=1S/C44H79N11O12S/c1-6-24(3)33(47)40(62)51-30(23-68)38(60)53-35(26(5)57)41(63)48-27(14-8-10-18-45)36(58)50-29(22-56)37(59)52-34(25(4)7-2)43(65)55-21-13-17-32(55)42(64)54-20-12-16-31(54)39(61)49-28(44(66)67)15-9-11-19-46/h24-35,56-57,68H,6-23,45-47H2,1-5H3,(H,48,63)(H,49,61)(H,50,58)(H,51,62)(H,52,59)(H,53,60)(H,66,67)/t24-,25-,26+,27-,28-,29-,30-,31-,32-,33-,34-,35-/m0/s1. The third-order valence-corrected chi connectivity index (χ3v) is 13.2. The second kappa shape index (κ2) is 30.1. The van der Waals surface area contributed by atoms with Crippen LogP contribution in [0.4, 0.5) is 0 Å². The van der Waals surface area contributed by atoms with Gasteiger partial charge in [-0.2, -0.15) is 12.6 Å². The van der Waals surface area contributed by atoms with Crippen molar-refractivity contribution in [3.8, 4) is 0 Å². The Morgan fingerprint density at radius 2 is 1.13 bits per heavy atom. The van der Waals surface area contributed by atoms with Gasteiger partial charge < -0.3 is 74.2 Å². The lowest BCUT2D eigenvalue weighted by atomic mass is 9.96. The number of aliphatic hydroxyl groups excluding tert-OH is 2. The molecule has 8 amide bonds. The number of unbranched alkanes of at least 4 members (excludes halogenated alkanes) is 2. The number of aliphatic carboxylic acids is 1. The van der Waals surface area contributed by atoms with Gasteiger partial charge >= 0.3 is 5.97 Å². The Morgan fingerprint density at radius 1 is 0.632 bits per heavy atom. The molecule has 2 fully saturated rings. The Hall–Kier alpha value is -4.62. The van der Waals surface area contributed by atoms with Crippen LogP contribution in [0.25, 0.3) is 0 Å². The summed E-state index contributed by atoms with van der Waals surface area (Å²) in [6.07, 6.45) is 2.99. The summed E-state index contributed by atoms with van der Waals surface area (Å²) in [6, 6.07) is -11.1. The number of nitrogens with one attached hydrogen (secondary N) is 6. The first-order chi connectivity index (χ1) is 32.2. The Balaban J connectivity index is 2.25. The number of thiol groups is 1. The van der Waals surface area contributed by atoms with Crippen LogP contribution in [0.1, 0.15) is 112 Å². The Morgan fingerprint density at radius 3 is 1.66 bits per heavy atom. The zero-order chi connectivity index (χ0) is 51.2. The fourth-order valence-corrected chi connectivity index (χ4v) is 8.30. The molecule has 2 aliphatic heterocycles. The number of hydrogen-bond acceptors (Lipinski definition) is 15. The van der Waals surface area contributed by atoms with Crippen LogP contribution >= 0.6 is 12.6 Å². The molecule has 68 heavy (non-hydrogen) atoms. The second-order valence-electron chi connectivity index (χ2n) is 17.9. The molecule has 0 unspecified atom stereocenters. The number of amides is 8. The van der Waals surface area contributed by atoms with E-state index in [1.54, 1.807) is 20.8 Å². The van der Waals surface area contributed by atoms with Gasteiger partial charge in [0.05, 0.1) is 18.8 Å². The maximum Gasteiger partial charge on any atom is 0.326 e. The summed E-state index contributed by atoms with van der Waals surface area (Å²) in [5.74, 6) is -8.05. The maximum atomic E-state index is 14.4. The SMILES string of the molecule is CC[C@H](C)[C@H](N)C(=O)N[C@@H](CS)C(=O)N[C@H](C(=O)N[C@@H](CCCCN)C(=O)N[C@@H](CO)C(=O)N[C@H](C(=O)N1CCC[C@H]1C(=O)N1CCC[C@H]1C(=O)N[C@@H](CCCCN)C(=O)O)[C@@H](C)CC)[C@@H](C)O. The summed E-state index contributed by atoms with van der Waals surface area (Å²) in [6.45, 7) is 8.44. The molecule has 2 rings (SSSR count). The van der Waals surface area contributed by atoms with E-state index in [9.17, 15) is 58.5 Å². The van der Waals surface area contributed by atoms with Gasteiger partial charge in [0.2, 0.25) is 47.3 Å². The van der Waals surface area contributed by atoms with Crippen LogP contribution in [0.3, 0.4) is 0 Å². The summed E-state index contributed by atoms with van der Waals surface area (Å²) < 4.78 is 0. The van der Waals surface area contributed by atoms with E-state index in [0.29, 0.717) is 64.3 Å². The number of carboxylic acid groups (broad SMARTS) is 1. The van der Waals surface area contributed by atoms with E-state index in [4.69, 9.17) is 17.2 Å². The fraction of sp³-hybridized carbons (Fsp3) is 0.795. The molecule has 0 aromatic carbocycles. The maximum absolute atomic E-state index is 14.4. The van der Waals surface area contributed by atoms with Crippen LogP contribution in [0, 0.1) is 11.8 Å². The van der Waals surface area contributed by atoms with Gasteiger partial charge in [-0.25, -0.2) is 4.79 Å². The minimum atomic E-state index is -1.63. The summed E-state index contributed by atoms with van der Waals surface area (Å²) >= 11 is 4.16. The number of aliphatic hydroxyl groups is 2. The van der Waals surface area contributed by atoms with Gasteiger partial charge in [-0.3, -0.25) is 38.4 Å². The van der Waals surface area contributed by atoms with Gasteiger partial charge in [0.25, 0.3) is 0 Å². The van der Waals surface area contributed by atoms with Crippen molar-refractivity contribution in [2.45, 2.75) is 172 Å². The van der Waals surface area contributed by atoms with Crippen LogP contribution in [0.5, 0.6) is 0 Å². The van der Waals surface area contributed by atoms with Gasteiger partial charge in [-0.15, -0.1) is 0 Å². The number of nitrogens with two attached hydrogens (primary N) is 3. The monoisotopic (exact) mass is 986 g/mol. The molecule has 23 nitrogen and oxygen atoms in total. The highest BCUT2D eigenvalue weighted by Gasteiger charge is 2.45. The molecule has 0 radical (unpaired) electrons. The third-order valence-electron chi connectivity index (χ3n) is 12.8. The van der Waals surface area contributed by atoms with Gasteiger partial charge in [0.15, 0.2) is 0 Å². The van der Waals surface area contributed by atoms with Crippen LogP contribution < -0.4 is 49.1 Å². The number of rotatable bonds is 30. The highest BCUT2D eigenvalue weighted by Crippen LogP contribution is 2.27. The molecule has 2 saturated heterocycles. The zero-order valence-electron chi connectivity index (χ0n) is 40.2. The van der Waals surface area contributed by atoms with E-state index < -0.39 is 126 Å². The number of nitrogens with zero attached hydrogens (tertiary/aromatic N) is 2. The molecule has 15 N–H and O–H groups in total. The molecular weight excluding hydrogens is 907 g/mol. The van der Waals surface area contributed by atoms with Crippen molar-refractivity contribution in [1.82, 2.24) is 41.7 Å². The van der Waals surface area contributed by atoms with Crippen LogP contribution in [-0.4, -0.2) is 177 Å². The van der Waals surface area contributed by atoms with Crippen molar-refractivity contribution in [3.63, 3.8) is 0 Å². The minimum absolute atomic E-state index is 0.00926. The van der Waals surface area contributed by atoms with Gasteiger partial charge in [0, 0.05) is 18.8 Å². The first-order valence-corrected chi connectivity index (χ1v) is 24.6. The molecule has 2 heterocycles. The fourth-order valence-electron chi connectivity index (χ4n) is 8.04. The number of carbonyl (C=O) groups is 9. The lowest BCUT2D eigenvalue weighted by Gasteiger charge is -2.35. The van der Waals surface area contributed by atoms with Crippen LogP contribution in [-0.2, 0) is 43.2 Å². The van der Waals surface area contributed by atoms with E-state index in [-0.39, 0.29) is 50.6 Å². The van der Waals surface area contributed by atoms with Crippen molar-refractivity contribution in [2.75, 3.05) is 38.5 Å². The Kier molecular flexibility index (Phi) is 26.3. The van der Waals surface area contributed by atoms with Gasteiger partial charge in [0.1, 0.15) is 48.3 Å². The summed E-state index contributed by atoms with van der Waals surface area (Å²) in [4.78, 5) is 124. The van der Waals surface area contributed by atoms with Crippen molar-refractivity contribution in [1.29, 1.82) is 0 Å². The van der Waals surface area contributed by atoms with Gasteiger partial charge in [-0.1, -0.05) is 40.5 Å². The van der Waals surface area contributed by atoms with E-state index in [0.717, 1.165) is 0 Å². The lowest BCUT2D eigenvalue weighted by Crippen LogP contribution is -2.62. The normalized spacial score (nSPS) is 20.3. The molecule has 0 aromatic heterocycles. The second-order valence-corrected chi connectivity index (χ2v) is 18.3. The predicted octanol–water partition coefficient (Wildman–Crippen LogP) is -3.06. The molecule has 24 heteroatoms. The Bertz CT molecular complexity index is 1710. The van der Waals surface area contributed by atoms with E-state index in [2.05, 4.69) is 44.5 Å². The molecule has 0 aliphatic carbocycles. The predicted molar refractivity (Wildman–Crippen MR) is 254 cm³/mol. The average molecular weight is 986 g/mol. The quantitative estimate of drug-likeness (QED) is 0.0251. The molecular formula is C44H79N11O12S. The highest BCUT2D eigenvalue weighted by atomic mass is 32.1. The number of hydrogen-bond donors (Lipinski definition) is 13. The van der Waals surface area contributed by atoms with Crippen molar-refractivity contribution in [3.05, 3.63) is 0 Å². The first-order valence-electron chi connectivity index (χ1n) is 23.9. The number of carbonyl (C=O) groups excluding carboxylic acids is 8. The number of likely N-dealkylation sites (tertiary alicyclic amines) is 2. The van der Waals surface area contributed by atoms with E-state index in [1.165, 1.54) is 16.7 Å². The largest absolute Gasteiger partial charge is 0.480 e.